The average Bonchev–Trinajstić information content (AvgIpc) is 2.39. The first kappa shape index (κ1) is 13.1. The quantitative estimate of drug-likeness (QED) is 0.744. The van der Waals surface area contributed by atoms with E-state index in [4.69, 9.17) is 32.7 Å². The molecule has 94 valence electrons. The third kappa shape index (κ3) is 3.31. The predicted octanol–water partition coefficient (Wildman–Crippen LogP) is 4.88. The zero-order valence-electron chi connectivity index (χ0n) is 9.82. The molecule has 0 amide bonds. The Morgan fingerprint density at radius 2 is 1.61 bits per heavy atom. The molecule has 4 heteroatoms. The predicted molar refractivity (Wildman–Crippen MR) is 74.1 cm³/mol. The van der Waals surface area contributed by atoms with Crippen molar-refractivity contribution in [1.29, 1.82) is 0 Å². The van der Waals surface area contributed by atoms with Crippen LogP contribution in [0.2, 0.25) is 5.02 Å². The molecule has 0 aliphatic rings. The van der Waals surface area contributed by atoms with Gasteiger partial charge in [-0.25, -0.2) is 0 Å². The lowest BCUT2D eigenvalue weighted by atomic mass is 10.2. The SMILES string of the molecule is COc1cc(Cl)cc(Oc2ccc(CCl)cc2)c1. The fourth-order valence-corrected chi connectivity index (χ4v) is 1.89. The summed E-state index contributed by atoms with van der Waals surface area (Å²) >= 11 is 11.7. The summed E-state index contributed by atoms with van der Waals surface area (Å²) < 4.78 is 10.8. The molecule has 0 radical (unpaired) electrons. The number of halogens is 2. The molecule has 0 atom stereocenters. The van der Waals surface area contributed by atoms with Crippen molar-refractivity contribution in [1.82, 2.24) is 0 Å². The van der Waals surface area contributed by atoms with Crippen LogP contribution in [0.4, 0.5) is 0 Å². The summed E-state index contributed by atoms with van der Waals surface area (Å²) in [5.74, 6) is 2.52. The summed E-state index contributed by atoms with van der Waals surface area (Å²) in [6.45, 7) is 0. The lowest BCUT2D eigenvalue weighted by Gasteiger charge is -2.08. The van der Waals surface area contributed by atoms with E-state index < -0.39 is 0 Å². The van der Waals surface area contributed by atoms with Gasteiger partial charge in [-0.05, 0) is 29.8 Å². The molecule has 18 heavy (non-hydrogen) atoms. The van der Waals surface area contributed by atoms with Gasteiger partial charge in [0.15, 0.2) is 0 Å². The van der Waals surface area contributed by atoms with Gasteiger partial charge in [0, 0.05) is 17.0 Å². The maximum Gasteiger partial charge on any atom is 0.132 e. The van der Waals surface area contributed by atoms with Crippen molar-refractivity contribution in [2.45, 2.75) is 5.88 Å². The molecular formula is C14H12Cl2O2. The standard InChI is InChI=1S/C14H12Cl2O2/c1-17-13-6-11(16)7-14(8-13)18-12-4-2-10(9-15)3-5-12/h2-8H,9H2,1H3. The molecule has 0 saturated heterocycles. The van der Waals surface area contributed by atoms with Crippen molar-refractivity contribution in [3.8, 4) is 17.2 Å². The molecule has 0 fully saturated rings. The molecule has 0 bridgehead atoms. The van der Waals surface area contributed by atoms with E-state index >= 15 is 0 Å². The highest BCUT2D eigenvalue weighted by Gasteiger charge is 2.02. The van der Waals surface area contributed by atoms with Gasteiger partial charge in [-0.1, -0.05) is 23.7 Å². The van der Waals surface area contributed by atoms with Gasteiger partial charge in [-0.3, -0.25) is 0 Å². The van der Waals surface area contributed by atoms with Gasteiger partial charge in [0.25, 0.3) is 0 Å². The van der Waals surface area contributed by atoms with E-state index in [-0.39, 0.29) is 0 Å². The van der Waals surface area contributed by atoms with Crippen molar-refractivity contribution in [2.24, 2.45) is 0 Å². The molecule has 0 aliphatic carbocycles. The zero-order valence-corrected chi connectivity index (χ0v) is 11.3. The van der Waals surface area contributed by atoms with E-state index in [2.05, 4.69) is 0 Å². The molecule has 2 aromatic rings. The Morgan fingerprint density at radius 1 is 0.944 bits per heavy atom. The van der Waals surface area contributed by atoms with Crippen LogP contribution in [0.15, 0.2) is 42.5 Å². The Bertz CT molecular complexity index is 524. The van der Waals surface area contributed by atoms with Crippen molar-refractivity contribution >= 4 is 23.2 Å². The summed E-state index contributed by atoms with van der Waals surface area (Å²) in [5.41, 5.74) is 1.05. The van der Waals surface area contributed by atoms with Gasteiger partial charge in [-0.2, -0.15) is 0 Å². The van der Waals surface area contributed by atoms with Crippen LogP contribution in [0.5, 0.6) is 17.2 Å². The van der Waals surface area contributed by atoms with Crippen LogP contribution in [-0.2, 0) is 5.88 Å². The number of alkyl halides is 1. The van der Waals surface area contributed by atoms with Crippen molar-refractivity contribution in [3.05, 3.63) is 53.1 Å². The van der Waals surface area contributed by atoms with E-state index in [0.29, 0.717) is 22.4 Å². The first-order chi connectivity index (χ1) is 8.71. The summed E-state index contributed by atoms with van der Waals surface area (Å²) in [6, 6.07) is 12.8. The minimum Gasteiger partial charge on any atom is -0.497 e. The molecule has 0 spiro atoms. The summed E-state index contributed by atoms with van der Waals surface area (Å²) in [4.78, 5) is 0. The van der Waals surface area contributed by atoms with E-state index in [0.717, 1.165) is 11.3 Å². The number of hydrogen-bond acceptors (Lipinski definition) is 2. The van der Waals surface area contributed by atoms with Gasteiger partial charge in [-0.15, -0.1) is 11.6 Å². The van der Waals surface area contributed by atoms with Crippen LogP contribution >= 0.6 is 23.2 Å². The van der Waals surface area contributed by atoms with Crippen LogP contribution in [-0.4, -0.2) is 7.11 Å². The van der Waals surface area contributed by atoms with Crippen LogP contribution < -0.4 is 9.47 Å². The fraction of sp³-hybridized carbons (Fsp3) is 0.143. The van der Waals surface area contributed by atoms with E-state index in [1.165, 1.54) is 0 Å². The van der Waals surface area contributed by atoms with E-state index in [1.807, 2.05) is 24.3 Å². The lowest BCUT2D eigenvalue weighted by Crippen LogP contribution is -1.87. The van der Waals surface area contributed by atoms with E-state index in [1.54, 1.807) is 25.3 Å². The molecule has 2 rings (SSSR count). The third-order valence-electron chi connectivity index (χ3n) is 2.39. The van der Waals surface area contributed by atoms with Crippen LogP contribution in [0.1, 0.15) is 5.56 Å². The normalized spacial score (nSPS) is 10.2. The Balaban J connectivity index is 2.19. The highest BCUT2D eigenvalue weighted by Crippen LogP contribution is 2.29. The first-order valence-corrected chi connectivity index (χ1v) is 6.30. The maximum atomic E-state index is 5.97. The highest BCUT2D eigenvalue weighted by atomic mass is 35.5. The van der Waals surface area contributed by atoms with Gasteiger partial charge < -0.3 is 9.47 Å². The second kappa shape index (κ2) is 5.98. The van der Waals surface area contributed by atoms with Crippen molar-refractivity contribution in [3.63, 3.8) is 0 Å². The second-order valence-electron chi connectivity index (χ2n) is 3.71. The smallest absolute Gasteiger partial charge is 0.132 e. The Labute approximate surface area is 116 Å². The highest BCUT2D eigenvalue weighted by molar-refractivity contribution is 6.30. The minimum atomic E-state index is 0.491. The number of benzene rings is 2. The third-order valence-corrected chi connectivity index (χ3v) is 2.92. The molecule has 0 saturated carbocycles. The zero-order chi connectivity index (χ0) is 13.0. The topological polar surface area (TPSA) is 18.5 Å². The number of methoxy groups -OCH3 is 1. The molecule has 0 heterocycles. The van der Waals surface area contributed by atoms with Crippen LogP contribution in [0.3, 0.4) is 0 Å². The number of ether oxygens (including phenoxy) is 2. The Hall–Kier alpha value is -1.38. The molecule has 2 aromatic carbocycles. The molecule has 0 N–H and O–H groups in total. The molecule has 0 aliphatic heterocycles. The summed E-state index contributed by atoms with van der Waals surface area (Å²) in [7, 11) is 1.59. The summed E-state index contributed by atoms with van der Waals surface area (Å²) in [6.07, 6.45) is 0. The Morgan fingerprint density at radius 3 is 2.22 bits per heavy atom. The first-order valence-electron chi connectivity index (χ1n) is 5.38. The van der Waals surface area contributed by atoms with Crippen molar-refractivity contribution < 1.29 is 9.47 Å². The van der Waals surface area contributed by atoms with Gasteiger partial charge in [0.2, 0.25) is 0 Å². The van der Waals surface area contributed by atoms with E-state index in [9.17, 15) is 0 Å². The van der Waals surface area contributed by atoms with Gasteiger partial charge >= 0.3 is 0 Å². The fourth-order valence-electron chi connectivity index (χ4n) is 1.50. The number of rotatable bonds is 4. The minimum absolute atomic E-state index is 0.491. The summed E-state index contributed by atoms with van der Waals surface area (Å²) in [5, 5.41) is 0.571. The average molecular weight is 283 g/mol. The molecule has 0 aromatic heterocycles. The molecule has 2 nitrogen and oxygen atoms in total. The molecule has 0 unspecified atom stereocenters. The van der Waals surface area contributed by atoms with Gasteiger partial charge in [0.1, 0.15) is 17.2 Å². The maximum absolute atomic E-state index is 5.97. The molecular weight excluding hydrogens is 271 g/mol. The second-order valence-corrected chi connectivity index (χ2v) is 4.41. The lowest BCUT2D eigenvalue weighted by molar-refractivity contribution is 0.409. The Kier molecular flexibility index (Phi) is 4.34. The van der Waals surface area contributed by atoms with Gasteiger partial charge in [0.05, 0.1) is 7.11 Å². The van der Waals surface area contributed by atoms with Crippen LogP contribution in [0, 0.1) is 0 Å². The van der Waals surface area contributed by atoms with Crippen molar-refractivity contribution in [2.75, 3.05) is 7.11 Å². The largest absolute Gasteiger partial charge is 0.497 e. The number of hydrogen-bond donors (Lipinski definition) is 0. The van der Waals surface area contributed by atoms with Crippen LogP contribution in [0.25, 0.3) is 0 Å². The monoisotopic (exact) mass is 282 g/mol.